The molecule has 0 radical (unpaired) electrons. The van der Waals surface area contributed by atoms with E-state index in [-0.39, 0.29) is 5.91 Å². The number of carbonyl (C=O) groups excluding carboxylic acids is 1. The maximum absolute atomic E-state index is 12.3. The Balaban J connectivity index is 1.78. The second-order valence-electron chi connectivity index (χ2n) is 4.85. The van der Waals surface area contributed by atoms with Crippen molar-refractivity contribution in [3.05, 3.63) is 72.3 Å². The van der Waals surface area contributed by atoms with Gasteiger partial charge in [-0.25, -0.2) is 9.67 Å². The van der Waals surface area contributed by atoms with Gasteiger partial charge in [-0.3, -0.25) is 4.79 Å². The number of aryl methyl sites for hydroxylation is 1. The second-order valence-corrected chi connectivity index (χ2v) is 4.85. The van der Waals surface area contributed by atoms with E-state index in [0.717, 1.165) is 23.4 Å². The van der Waals surface area contributed by atoms with Crippen LogP contribution in [0.1, 0.15) is 22.8 Å². The van der Waals surface area contributed by atoms with Crippen molar-refractivity contribution in [3.8, 4) is 5.69 Å². The predicted molar refractivity (Wildman–Crippen MR) is 85.1 cm³/mol. The summed E-state index contributed by atoms with van der Waals surface area (Å²) in [7, 11) is 0. The Hall–Kier alpha value is -2.95. The fraction of sp³-hybridized carbons (Fsp3) is 0.118. The van der Waals surface area contributed by atoms with Crippen LogP contribution in [0.25, 0.3) is 5.69 Å². The summed E-state index contributed by atoms with van der Waals surface area (Å²) in [5.41, 5.74) is 3.45. The Labute approximate surface area is 128 Å². The van der Waals surface area contributed by atoms with Crippen LogP contribution in [-0.4, -0.2) is 20.7 Å². The van der Waals surface area contributed by atoms with Crippen LogP contribution in [0.2, 0.25) is 0 Å². The van der Waals surface area contributed by atoms with Gasteiger partial charge in [0.05, 0.1) is 5.69 Å². The van der Waals surface area contributed by atoms with Crippen molar-refractivity contribution >= 4 is 11.6 Å². The molecule has 5 nitrogen and oxygen atoms in total. The van der Waals surface area contributed by atoms with Gasteiger partial charge in [0.25, 0.3) is 5.91 Å². The first-order valence-corrected chi connectivity index (χ1v) is 7.12. The van der Waals surface area contributed by atoms with Crippen molar-refractivity contribution in [1.82, 2.24) is 14.8 Å². The molecule has 0 saturated carbocycles. The molecule has 0 aliphatic heterocycles. The zero-order chi connectivity index (χ0) is 15.4. The second kappa shape index (κ2) is 6.22. The number of hydrogen-bond acceptors (Lipinski definition) is 3. The summed E-state index contributed by atoms with van der Waals surface area (Å²) in [6.45, 7) is 2.07. The molecule has 0 aliphatic rings. The minimum atomic E-state index is -0.119. The third kappa shape index (κ3) is 2.88. The molecular formula is C17H16N4O. The first-order valence-electron chi connectivity index (χ1n) is 7.12. The van der Waals surface area contributed by atoms with Crippen molar-refractivity contribution in [2.75, 3.05) is 5.32 Å². The molecular weight excluding hydrogens is 276 g/mol. The SMILES string of the molecule is CCc1ccccc1NC(=O)c1ccc(-n2cncn2)cc1. The molecule has 0 aliphatic carbocycles. The molecule has 0 unspecified atom stereocenters. The Kier molecular flexibility index (Phi) is 3.96. The van der Waals surface area contributed by atoms with E-state index >= 15 is 0 Å². The standard InChI is InChI=1S/C17H16N4O/c1-2-13-5-3-4-6-16(13)20-17(22)14-7-9-15(10-8-14)21-12-18-11-19-21/h3-12H,2H2,1H3,(H,20,22). The molecule has 5 heteroatoms. The van der Waals surface area contributed by atoms with E-state index in [1.165, 1.54) is 6.33 Å². The van der Waals surface area contributed by atoms with Crippen LogP contribution in [0.4, 0.5) is 5.69 Å². The Morgan fingerprint density at radius 3 is 2.59 bits per heavy atom. The van der Waals surface area contributed by atoms with Gasteiger partial charge >= 0.3 is 0 Å². The Bertz CT molecular complexity index is 764. The van der Waals surface area contributed by atoms with Crippen LogP contribution >= 0.6 is 0 Å². The average molecular weight is 292 g/mol. The van der Waals surface area contributed by atoms with Crippen LogP contribution in [0.15, 0.2) is 61.2 Å². The molecule has 110 valence electrons. The summed E-state index contributed by atoms with van der Waals surface area (Å²) in [4.78, 5) is 16.2. The number of para-hydroxylation sites is 1. The fourth-order valence-electron chi connectivity index (χ4n) is 2.25. The topological polar surface area (TPSA) is 59.8 Å². The van der Waals surface area contributed by atoms with Crippen LogP contribution in [-0.2, 0) is 6.42 Å². The van der Waals surface area contributed by atoms with Crippen molar-refractivity contribution < 1.29 is 4.79 Å². The van der Waals surface area contributed by atoms with Gasteiger partial charge in [0, 0.05) is 11.3 Å². The summed E-state index contributed by atoms with van der Waals surface area (Å²) >= 11 is 0. The fourth-order valence-corrected chi connectivity index (χ4v) is 2.25. The van der Waals surface area contributed by atoms with E-state index < -0.39 is 0 Å². The van der Waals surface area contributed by atoms with Crippen molar-refractivity contribution in [2.24, 2.45) is 0 Å². The number of anilines is 1. The summed E-state index contributed by atoms with van der Waals surface area (Å²) in [5.74, 6) is -0.119. The highest BCUT2D eigenvalue weighted by Gasteiger charge is 2.08. The first-order chi connectivity index (χ1) is 10.8. The molecule has 0 atom stereocenters. The van der Waals surface area contributed by atoms with Crippen LogP contribution in [0, 0.1) is 0 Å². The molecule has 0 fully saturated rings. The molecule has 1 heterocycles. The van der Waals surface area contributed by atoms with Crippen molar-refractivity contribution in [3.63, 3.8) is 0 Å². The monoisotopic (exact) mass is 292 g/mol. The molecule has 3 rings (SSSR count). The number of benzene rings is 2. The zero-order valence-electron chi connectivity index (χ0n) is 12.2. The number of hydrogen-bond donors (Lipinski definition) is 1. The average Bonchev–Trinajstić information content (AvgIpc) is 3.10. The lowest BCUT2D eigenvalue weighted by atomic mass is 10.1. The van der Waals surface area contributed by atoms with Crippen molar-refractivity contribution in [1.29, 1.82) is 0 Å². The van der Waals surface area contributed by atoms with Gasteiger partial charge in [0.2, 0.25) is 0 Å². The Morgan fingerprint density at radius 2 is 1.91 bits per heavy atom. The van der Waals surface area contributed by atoms with E-state index in [4.69, 9.17) is 0 Å². The van der Waals surface area contributed by atoms with Gasteiger partial charge in [0.1, 0.15) is 12.7 Å². The highest BCUT2D eigenvalue weighted by Crippen LogP contribution is 2.17. The molecule has 1 aromatic heterocycles. The van der Waals surface area contributed by atoms with Gasteiger partial charge in [-0.15, -0.1) is 0 Å². The van der Waals surface area contributed by atoms with E-state index in [2.05, 4.69) is 22.3 Å². The maximum Gasteiger partial charge on any atom is 0.255 e. The third-order valence-electron chi connectivity index (χ3n) is 3.46. The minimum absolute atomic E-state index is 0.119. The lowest BCUT2D eigenvalue weighted by molar-refractivity contribution is 0.102. The molecule has 0 saturated heterocycles. The largest absolute Gasteiger partial charge is 0.322 e. The zero-order valence-corrected chi connectivity index (χ0v) is 12.2. The van der Waals surface area contributed by atoms with E-state index in [1.807, 2.05) is 36.4 Å². The van der Waals surface area contributed by atoms with Crippen LogP contribution in [0.5, 0.6) is 0 Å². The quantitative estimate of drug-likeness (QED) is 0.804. The predicted octanol–water partition coefficient (Wildman–Crippen LogP) is 3.08. The molecule has 1 amide bonds. The summed E-state index contributed by atoms with van der Waals surface area (Å²) in [6, 6.07) is 15.1. The van der Waals surface area contributed by atoms with Gasteiger partial charge in [0.15, 0.2) is 0 Å². The normalized spacial score (nSPS) is 10.4. The van der Waals surface area contributed by atoms with E-state index in [9.17, 15) is 4.79 Å². The smallest absolute Gasteiger partial charge is 0.255 e. The Morgan fingerprint density at radius 1 is 1.14 bits per heavy atom. The molecule has 22 heavy (non-hydrogen) atoms. The lowest BCUT2D eigenvalue weighted by Crippen LogP contribution is -2.13. The minimum Gasteiger partial charge on any atom is -0.322 e. The molecule has 0 bridgehead atoms. The van der Waals surface area contributed by atoms with Crippen molar-refractivity contribution in [2.45, 2.75) is 13.3 Å². The maximum atomic E-state index is 12.3. The van der Waals surface area contributed by atoms with Gasteiger partial charge in [-0.05, 0) is 42.3 Å². The molecule has 3 aromatic rings. The summed E-state index contributed by atoms with van der Waals surface area (Å²) < 4.78 is 1.65. The highest BCUT2D eigenvalue weighted by atomic mass is 16.1. The van der Waals surface area contributed by atoms with E-state index in [0.29, 0.717) is 5.56 Å². The first kappa shape index (κ1) is 14.0. The molecule has 0 spiro atoms. The lowest BCUT2D eigenvalue weighted by Gasteiger charge is -2.10. The number of nitrogens with zero attached hydrogens (tertiary/aromatic N) is 3. The van der Waals surface area contributed by atoms with Crippen LogP contribution in [0.3, 0.4) is 0 Å². The number of carbonyl (C=O) groups is 1. The number of amides is 1. The van der Waals surface area contributed by atoms with Gasteiger partial charge in [-0.2, -0.15) is 5.10 Å². The highest BCUT2D eigenvalue weighted by molar-refractivity contribution is 6.04. The van der Waals surface area contributed by atoms with E-state index in [1.54, 1.807) is 23.1 Å². The molecule has 2 aromatic carbocycles. The van der Waals surface area contributed by atoms with Crippen LogP contribution < -0.4 is 5.32 Å². The summed E-state index contributed by atoms with van der Waals surface area (Å²) in [5, 5.41) is 7.01. The van der Waals surface area contributed by atoms with Gasteiger partial charge in [-0.1, -0.05) is 25.1 Å². The number of rotatable bonds is 4. The summed E-state index contributed by atoms with van der Waals surface area (Å²) in [6.07, 6.45) is 3.97. The number of nitrogens with one attached hydrogen (secondary N) is 1. The number of aromatic nitrogens is 3. The molecule has 1 N–H and O–H groups in total. The third-order valence-corrected chi connectivity index (χ3v) is 3.46. The van der Waals surface area contributed by atoms with Gasteiger partial charge < -0.3 is 5.32 Å².